The molecule has 1 aliphatic carbocycles. The van der Waals surface area contributed by atoms with E-state index in [-0.39, 0.29) is 0 Å². The number of halogens is 2. The highest BCUT2D eigenvalue weighted by atomic mass is 19.1. The lowest BCUT2D eigenvalue weighted by Gasteiger charge is -2.11. The lowest BCUT2D eigenvalue weighted by Crippen LogP contribution is -2.15. The average Bonchev–Trinajstić information content (AvgIpc) is 2.87. The first kappa shape index (κ1) is 18.0. The van der Waals surface area contributed by atoms with Gasteiger partial charge in [-0.2, -0.15) is 0 Å². The number of carbonyl (C=O) groups excluding carboxylic acids is 2. The molecule has 0 saturated heterocycles. The summed E-state index contributed by atoms with van der Waals surface area (Å²) in [4.78, 5) is 23.5. The number of anilines is 1. The fourth-order valence-corrected chi connectivity index (χ4v) is 3.23. The molecule has 0 saturated carbocycles. The van der Waals surface area contributed by atoms with Crippen LogP contribution < -0.4 is 5.32 Å². The van der Waals surface area contributed by atoms with E-state index in [9.17, 15) is 18.4 Å². The number of carbonyl (C=O) groups is 2. The first-order valence-electron chi connectivity index (χ1n) is 8.63. The van der Waals surface area contributed by atoms with Gasteiger partial charge in [0, 0.05) is 5.69 Å². The summed E-state index contributed by atoms with van der Waals surface area (Å²) in [6.45, 7) is 0. The molecule has 2 aromatic rings. The fourth-order valence-electron chi connectivity index (χ4n) is 3.23. The van der Waals surface area contributed by atoms with Gasteiger partial charge in [0.15, 0.2) is 0 Å². The van der Waals surface area contributed by atoms with E-state index in [1.165, 1.54) is 6.07 Å². The van der Waals surface area contributed by atoms with Crippen molar-refractivity contribution < 1.29 is 18.4 Å². The SMILES string of the molecule is O=CC1=C(c2ccc(NC(=O)c3c(F)cccc3F)cc2)CCCCC1. The highest BCUT2D eigenvalue weighted by molar-refractivity contribution is 6.04. The van der Waals surface area contributed by atoms with Crippen LogP contribution >= 0.6 is 0 Å². The molecule has 1 N–H and O–H groups in total. The maximum atomic E-state index is 13.7. The van der Waals surface area contributed by atoms with Crippen molar-refractivity contribution in [1.29, 1.82) is 0 Å². The van der Waals surface area contributed by atoms with Crippen LogP contribution in [0.2, 0.25) is 0 Å². The minimum absolute atomic E-state index is 0.434. The Morgan fingerprint density at radius 1 is 0.923 bits per heavy atom. The van der Waals surface area contributed by atoms with E-state index < -0.39 is 23.1 Å². The zero-order chi connectivity index (χ0) is 18.5. The van der Waals surface area contributed by atoms with Crippen LogP contribution in [0.25, 0.3) is 5.57 Å². The Kier molecular flexibility index (Phi) is 5.56. The van der Waals surface area contributed by atoms with Crippen molar-refractivity contribution in [2.24, 2.45) is 0 Å². The molecule has 0 unspecified atom stereocenters. The molecule has 0 spiro atoms. The zero-order valence-electron chi connectivity index (χ0n) is 14.2. The normalized spacial score (nSPS) is 14.7. The van der Waals surface area contributed by atoms with Crippen LogP contribution in [-0.4, -0.2) is 12.2 Å². The smallest absolute Gasteiger partial charge is 0.261 e. The van der Waals surface area contributed by atoms with Gasteiger partial charge < -0.3 is 5.32 Å². The molecular weight excluding hydrogens is 336 g/mol. The molecule has 1 aliphatic rings. The van der Waals surface area contributed by atoms with E-state index in [1.807, 2.05) is 12.1 Å². The molecule has 0 heterocycles. The summed E-state index contributed by atoms with van der Waals surface area (Å²) in [7, 11) is 0. The first-order chi connectivity index (χ1) is 12.6. The Hall–Kier alpha value is -2.82. The van der Waals surface area contributed by atoms with Crippen molar-refractivity contribution in [3.05, 3.63) is 70.8 Å². The summed E-state index contributed by atoms with van der Waals surface area (Å²) in [5.41, 5.74) is 2.63. The number of hydrogen-bond acceptors (Lipinski definition) is 2. The van der Waals surface area contributed by atoms with Crippen LogP contribution in [0.1, 0.15) is 48.0 Å². The second-order valence-electron chi connectivity index (χ2n) is 6.31. The van der Waals surface area contributed by atoms with Crippen molar-refractivity contribution in [2.75, 3.05) is 5.32 Å². The molecule has 5 heteroatoms. The second-order valence-corrected chi connectivity index (χ2v) is 6.31. The van der Waals surface area contributed by atoms with Gasteiger partial charge in [-0.05, 0) is 66.7 Å². The number of aldehydes is 1. The molecule has 0 aliphatic heterocycles. The lowest BCUT2D eigenvalue weighted by atomic mass is 9.96. The van der Waals surface area contributed by atoms with Crippen molar-refractivity contribution in [1.82, 2.24) is 0 Å². The van der Waals surface area contributed by atoms with E-state index in [2.05, 4.69) is 5.32 Å². The van der Waals surface area contributed by atoms with Crippen molar-refractivity contribution >= 4 is 23.5 Å². The van der Waals surface area contributed by atoms with E-state index in [0.29, 0.717) is 5.69 Å². The molecule has 1 amide bonds. The first-order valence-corrected chi connectivity index (χ1v) is 8.63. The summed E-state index contributed by atoms with van der Waals surface area (Å²) in [6, 6.07) is 10.3. The monoisotopic (exact) mass is 355 g/mol. The van der Waals surface area contributed by atoms with Gasteiger partial charge >= 0.3 is 0 Å². The molecule has 134 valence electrons. The quantitative estimate of drug-likeness (QED) is 0.773. The Bertz CT molecular complexity index is 837. The lowest BCUT2D eigenvalue weighted by molar-refractivity contribution is -0.105. The van der Waals surface area contributed by atoms with E-state index in [1.54, 1.807) is 12.1 Å². The van der Waals surface area contributed by atoms with Gasteiger partial charge in [-0.3, -0.25) is 9.59 Å². The van der Waals surface area contributed by atoms with Crippen LogP contribution in [0.3, 0.4) is 0 Å². The average molecular weight is 355 g/mol. The molecule has 0 aromatic heterocycles. The van der Waals surface area contributed by atoms with E-state index in [0.717, 1.165) is 67.2 Å². The van der Waals surface area contributed by atoms with Crippen LogP contribution in [0.4, 0.5) is 14.5 Å². The topological polar surface area (TPSA) is 46.2 Å². The second kappa shape index (κ2) is 8.04. The molecular formula is C21H19F2NO2. The molecule has 0 atom stereocenters. The third-order valence-corrected chi connectivity index (χ3v) is 4.58. The van der Waals surface area contributed by atoms with Gasteiger partial charge in [0.1, 0.15) is 23.5 Å². The maximum Gasteiger partial charge on any atom is 0.261 e. The highest BCUT2D eigenvalue weighted by Crippen LogP contribution is 2.31. The van der Waals surface area contributed by atoms with Gasteiger partial charge in [-0.15, -0.1) is 0 Å². The number of amides is 1. The van der Waals surface area contributed by atoms with E-state index in [4.69, 9.17) is 0 Å². The van der Waals surface area contributed by atoms with Crippen LogP contribution in [0.5, 0.6) is 0 Å². The Labute approximate surface area is 150 Å². The van der Waals surface area contributed by atoms with Gasteiger partial charge in [-0.1, -0.05) is 24.6 Å². The van der Waals surface area contributed by atoms with Gasteiger partial charge in [-0.25, -0.2) is 8.78 Å². The Morgan fingerprint density at radius 2 is 1.58 bits per heavy atom. The van der Waals surface area contributed by atoms with E-state index >= 15 is 0 Å². The standard InChI is InChI=1S/C21H19F2NO2/c22-18-7-4-8-19(23)20(18)21(26)24-16-11-9-14(10-12-16)17-6-3-1-2-5-15(17)13-25/h4,7-13H,1-3,5-6H2,(H,24,26). The molecule has 26 heavy (non-hydrogen) atoms. The minimum Gasteiger partial charge on any atom is -0.322 e. The molecule has 0 radical (unpaired) electrons. The molecule has 0 fully saturated rings. The van der Waals surface area contributed by atoms with Crippen LogP contribution in [0.15, 0.2) is 48.0 Å². The van der Waals surface area contributed by atoms with Crippen LogP contribution in [-0.2, 0) is 4.79 Å². The molecule has 3 rings (SSSR count). The molecule has 0 bridgehead atoms. The molecule has 3 nitrogen and oxygen atoms in total. The number of rotatable bonds is 4. The molecule has 2 aromatic carbocycles. The van der Waals surface area contributed by atoms with Crippen molar-refractivity contribution in [2.45, 2.75) is 32.1 Å². The minimum atomic E-state index is -0.904. The predicted octanol–water partition coefficient (Wildman–Crippen LogP) is 5.13. The van der Waals surface area contributed by atoms with Gasteiger partial charge in [0.2, 0.25) is 0 Å². The third kappa shape index (κ3) is 3.87. The Balaban J connectivity index is 1.81. The van der Waals surface area contributed by atoms with Gasteiger partial charge in [0.25, 0.3) is 5.91 Å². The Morgan fingerprint density at radius 3 is 2.23 bits per heavy atom. The number of allylic oxidation sites excluding steroid dienone is 2. The number of nitrogens with one attached hydrogen (secondary N) is 1. The summed E-state index contributed by atoms with van der Waals surface area (Å²) in [6.07, 6.45) is 5.71. The van der Waals surface area contributed by atoms with Crippen molar-refractivity contribution in [3.8, 4) is 0 Å². The van der Waals surface area contributed by atoms with Gasteiger partial charge in [0.05, 0.1) is 0 Å². The summed E-state index contributed by atoms with van der Waals surface area (Å²) < 4.78 is 27.4. The van der Waals surface area contributed by atoms with Crippen LogP contribution in [0, 0.1) is 11.6 Å². The summed E-state index contributed by atoms with van der Waals surface area (Å²) in [5.74, 6) is -2.65. The van der Waals surface area contributed by atoms with Crippen molar-refractivity contribution in [3.63, 3.8) is 0 Å². The maximum absolute atomic E-state index is 13.7. The highest BCUT2D eigenvalue weighted by Gasteiger charge is 2.17. The number of hydrogen-bond donors (Lipinski definition) is 1. The largest absolute Gasteiger partial charge is 0.322 e. The third-order valence-electron chi connectivity index (χ3n) is 4.58. The fraction of sp³-hybridized carbons (Fsp3) is 0.238. The summed E-state index contributed by atoms with van der Waals surface area (Å²) >= 11 is 0. The zero-order valence-corrected chi connectivity index (χ0v) is 14.2. The summed E-state index contributed by atoms with van der Waals surface area (Å²) in [5, 5.41) is 2.50. The predicted molar refractivity (Wildman–Crippen MR) is 96.8 cm³/mol. The number of benzene rings is 2.